The van der Waals surface area contributed by atoms with Crippen LogP contribution < -0.4 is 5.32 Å². The summed E-state index contributed by atoms with van der Waals surface area (Å²) in [5.74, 6) is 1.05. The monoisotopic (exact) mass is 481 g/mol. The molecule has 4 fully saturated rings. The first-order valence-electron chi connectivity index (χ1n) is 12.9. The number of carbonyl (C=O) groups is 2. The van der Waals surface area contributed by atoms with Crippen LogP contribution in [0.4, 0.5) is 0 Å². The van der Waals surface area contributed by atoms with Gasteiger partial charge in [-0.1, -0.05) is 27.7 Å². The number of Topliss-reactive ketones (excluding diaryl/α,β-unsaturated/α-hetero) is 1. The number of nitrogens with one attached hydrogen (secondary N) is 1. The lowest BCUT2D eigenvalue weighted by molar-refractivity contribution is -0.199. The molecule has 1 amide bonds. The topological polar surface area (TPSA) is 92.3 Å². The van der Waals surface area contributed by atoms with Gasteiger partial charge in [-0.15, -0.1) is 0 Å². The van der Waals surface area contributed by atoms with Crippen LogP contribution in [0.5, 0.6) is 0 Å². The molecule has 4 aliphatic rings. The van der Waals surface area contributed by atoms with Crippen molar-refractivity contribution in [3.05, 3.63) is 0 Å². The number of methoxy groups -OCH3 is 1. The Morgan fingerprint density at radius 3 is 2.44 bits per heavy atom. The lowest BCUT2D eigenvalue weighted by atomic mass is 9.43. The van der Waals surface area contributed by atoms with Crippen LogP contribution in [-0.4, -0.2) is 76.6 Å². The number of hydrogen-bond donors (Lipinski definition) is 1. The number of rotatable bonds is 15. The van der Waals surface area contributed by atoms with Crippen LogP contribution in [0.3, 0.4) is 0 Å². The summed E-state index contributed by atoms with van der Waals surface area (Å²) in [5.41, 5.74) is -0.0256. The normalized spacial score (nSPS) is 30.1. The summed E-state index contributed by atoms with van der Waals surface area (Å²) < 4.78 is 28.5. The summed E-state index contributed by atoms with van der Waals surface area (Å²) in [4.78, 5) is 24.8. The van der Waals surface area contributed by atoms with E-state index < -0.39 is 7.12 Å². The Balaban J connectivity index is 1.43. The molecule has 0 aromatic carbocycles. The maximum Gasteiger partial charge on any atom is 0.481 e. The zero-order valence-corrected chi connectivity index (χ0v) is 21.9. The van der Waals surface area contributed by atoms with Gasteiger partial charge in [0.2, 0.25) is 5.91 Å². The standard InChI is InChI=1S/C25H44BNO7/c1-17(2)13-22(26-33-21-15-18-14-20(24(18,3)4)25(21,5)34-26)27-23(29)8-7-19(28)16-32-12-11-31-10-9-30-6/h17-18,20-22H,7-16H2,1-6H3,(H,27,29)/t18-,20-,21-,22+,25+/m1/s1. The second-order valence-electron chi connectivity index (χ2n) is 11.3. The van der Waals surface area contributed by atoms with Gasteiger partial charge in [-0.25, -0.2) is 0 Å². The summed E-state index contributed by atoms with van der Waals surface area (Å²) in [6, 6.07) is 0. The quantitative estimate of drug-likeness (QED) is 0.284. The fourth-order valence-corrected chi connectivity index (χ4v) is 5.97. The Hall–Kier alpha value is -0.995. The van der Waals surface area contributed by atoms with Gasteiger partial charge in [0, 0.05) is 20.0 Å². The average molecular weight is 481 g/mol. The van der Waals surface area contributed by atoms with E-state index in [2.05, 4.69) is 39.9 Å². The second kappa shape index (κ2) is 11.8. The summed E-state index contributed by atoms with van der Waals surface area (Å²) in [6.07, 6.45) is 3.34. The molecule has 1 heterocycles. The maximum atomic E-state index is 12.7. The molecule has 8 nitrogen and oxygen atoms in total. The molecule has 0 aromatic rings. The lowest BCUT2D eigenvalue weighted by Gasteiger charge is -2.64. The van der Waals surface area contributed by atoms with Crippen molar-refractivity contribution in [2.45, 2.75) is 84.4 Å². The van der Waals surface area contributed by atoms with E-state index in [1.165, 1.54) is 6.42 Å². The van der Waals surface area contributed by atoms with E-state index in [9.17, 15) is 9.59 Å². The third-order valence-electron chi connectivity index (χ3n) is 8.07. The van der Waals surface area contributed by atoms with Crippen LogP contribution in [0.2, 0.25) is 0 Å². The second-order valence-corrected chi connectivity index (χ2v) is 11.3. The maximum absolute atomic E-state index is 12.7. The molecule has 194 valence electrons. The van der Waals surface area contributed by atoms with Gasteiger partial charge in [-0.3, -0.25) is 9.59 Å². The minimum Gasteiger partial charge on any atom is -0.404 e. The van der Waals surface area contributed by atoms with Gasteiger partial charge in [0.25, 0.3) is 0 Å². The molecule has 0 radical (unpaired) electrons. The van der Waals surface area contributed by atoms with Crippen molar-refractivity contribution in [1.82, 2.24) is 5.32 Å². The third kappa shape index (κ3) is 6.41. The highest BCUT2D eigenvalue weighted by atomic mass is 16.7. The molecule has 5 atom stereocenters. The van der Waals surface area contributed by atoms with Crippen molar-refractivity contribution in [3.63, 3.8) is 0 Å². The number of ketones is 1. The fourth-order valence-electron chi connectivity index (χ4n) is 5.97. The number of hydrogen-bond acceptors (Lipinski definition) is 7. The van der Waals surface area contributed by atoms with Crippen molar-refractivity contribution in [3.8, 4) is 0 Å². The lowest BCUT2D eigenvalue weighted by Crippen LogP contribution is -2.65. The van der Waals surface area contributed by atoms with Crippen LogP contribution in [0.15, 0.2) is 0 Å². The van der Waals surface area contributed by atoms with Crippen LogP contribution in [0, 0.1) is 23.2 Å². The zero-order chi connectivity index (χ0) is 24.9. The van der Waals surface area contributed by atoms with E-state index in [1.54, 1.807) is 7.11 Å². The summed E-state index contributed by atoms with van der Waals surface area (Å²) in [7, 11) is 1.16. The van der Waals surface area contributed by atoms with Crippen molar-refractivity contribution in [2.24, 2.45) is 23.2 Å². The Labute approximate surface area is 205 Å². The van der Waals surface area contributed by atoms with Crippen LogP contribution in [-0.2, 0) is 33.1 Å². The van der Waals surface area contributed by atoms with Gasteiger partial charge >= 0.3 is 7.12 Å². The van der Waals surface area contributed by atoms with E-state index in [0.717, 1.165) is 12.8 Å². The van der Waals surface area contributed by atoms with Crippen molar-refractivity contribution < 1.29 is 33.1 Å². The predicted octanol–water partition coefficient (Wildman–Crippen LogP) is 2.81. The Morgan fingerprint density at radius 1 is 1.06 bits per heavy atom. The van der Waals surface area contributed by atoms with Crippen LogP contribution in [0.25, 0.3) is 0 Å². The number of amides is 1. The van der Waals surface area contributed by atoms with Crippen molar-refractivity contribution in [1.29, 1.82) is 0 Å². The molecule has 0 aromatic heterocycles. The highest BCUT2D eigenvalue weighted by Gasteiger charge is 2.68. The largest absolute Gasteiger partial charge is 0.481 e. The summed E-state index contributed by atoms with van der Waals surface area (Å²) in [6.45, 7) is 12.9. The van der Waals surface area contributed by atoms with E-state index in [1.807, 2.05) is 0 Å². The van der Waals surface area contributed by atoms with Gasteiger partial charge in [0.05, 0.1) is 44.1 Å². The van der Waals surface area contributed by atoms with Gasteiger partial charge in [-0.05, 0) is 49.4 Å². The molecule has 4 rings (SSSR count). The SMILES string of the molecule is COCCOCCOCC(=O)CCC(=O)N[C@@H](CC(C)C)B1O[C@@H]2C[C@H]3C[C@H](C3(C)C)[C@]2(C)O1. The molecule has 0 unspecified atom stereocenters. The fraction of sp³-hybridized carbons (Fsp3) is 0.920. The van der Waals surface area contributed by atoms with E-state index in [0.29, 0.717) is 44.2 Å². The number of carbonyl (C=O) groups excluding carboxylic acids is 2. The Morgan fingerprint density at radius 2 is 1.76 bits per heavy atom. The molecule has 1 aliphatic heterocycles. The van der Waals surface area contributed by atoms with Gasteiger partial charge < -0.3 is 28.8 Å². The third-order valence-corrected chi connectivity index (χ3v) is 8.07. The average Bonchev–Trinajstić information content (AvgIpc) is 3.13. The van der Waals surface area contributed by atoms with Crippen LogP contribution >= 0.6 is 0 Å². The molecule has 0 spiro atoms. The van der Waals surface area contributed by atoms with Gasteiger partial charge in [-0.2, -0.15) is 0 Å². The van der Waals surface area contributed by atoms with E-state index in [-0.39, 0.29) is 54.2 Å². The van der Waals surface area contributed by atoms with Gasteiger partial charge in [0.15, 0.2) is 5.78 Å². The predicted molar refractivity (Wildman–Crippen MR) is 129 cm³/mol. The van der Waals surface area contributed by atoms with Crippen molar-refractivity contribution in [2.75, 3.05) is 40.1 Å². The molecule has 9 heteroatoms. The Kier molecular flexibility index (Phi) is 9.60. The van der Waals surface area contributed by atoms with E-state index in [4.69, 9.17) is 23.5 Å². The zero-order valence-electron chi connectivity index (χ0n) is 21.9. The highest BCUT2D eigenvalue weighted by molar-refractivity contribution is 6.47. The van der Waals surface area contributed by atoms with Crippen LogP contribution in [0.1, 0.15) is 66.7 Å². The first-order valence-corrected chi connectivity index (χ1v) is 12.9. The van der Waals surface area contributed by atoms with Gasteiger partial charge in [0.1, 0.15) is 6.61 Å². The molecule has 3 aliphatic carbocycles. The molecular formula is C25H44BNO7. The van der Waals surface area contributed by atoms with Crippen molar-refractivity contribution >= 4 is 18.8 Å². The Bertz CT molecular complexity index is 703. The highest BCUT2D eigenvalue weighted by Crippen LogP contribution is 2.65. The smallest absolute Gasteiger partial charge is 0.404 e. The first kappa shape index (κ1) is 27.6. The molecular weight excluding hydrogens is 437 g/mol. The summed E-state index contributed by atoms with van der Waals surface area (Å²) >= 11 is 0. The molecule has 3 saturated carbocycles. The summed E-state index contributed by atoms with van der Waals surface area (Å²) in [5, 5.41) is 3.10. The van der Waals surface area contributed by atoms with E-state index >= 15 is 0 Å². The molecule has 1 N–H and O–H groups in total. The minimum absolute atomic E-state index is 0.0104. The molecule has 1 saturated heterocycles. The number of ether oxygens (including phenoxy) is 3. The molecule has 2 bridgehead atoms. The molecule has 34 heavy (non-hydrogen) atoms. The minimum atomic E-state index is -0.450. The first-order chi connectivity index (χ1) is 16.1.